The molecule has 1 heterocycles. The third-order valence-electron chi connectivity index (χ3n) is 4.81. The fourth-order valence-corrected chi connectivity index (χ4v) is 3.64. The van der Waals surface area contributed by atoms with Gasteiger partial charge in [-0.2, -0.15) is 0 Å². The van der Waals surface area contributed by atoms with Gasteiger partial charge in [0.25, 0.3) is 0 Å². The Labute approximate surface area is 127 Å². The molecule has 21 heavy (non-hydrogen) atoms. The van der Waals surface area contributed by atoms with Gasteiger partial charge in [0, 0.05) is 11.4 Å². The number of nitrogens with one attached hydrogen (secondary N) is 1. The molecule has 1 saturated carbocycles. The number of hydrogen-bond donors (Lipinski definition) is 2. The van der Waals surface area contributed by atoms with Gasteiger partial charge >= 0.3 is 0 Å². The van der Waals surface area contributed by atoms with Gasteiger partial charge in [0.15, 0.2) is 0 Å². The van der Waals surface area contributed by atoms with Gasteiger partial charge in [0.05, 0.1) is 23.1 Å². The van der Waals surface area contributed by atoms with E-state index in [0.29, 0.717) is 12.0 Å². The number of nitrogens with two attached hydrogens (primary N) is 1. The summed E-state index contributed by atoms with van der Waals surface area (Å²) in [5.41, 5.74) is 9.03. The van der Waals surface area contributed by atoms with Crippen LogP contribution in [0.2, 0.25) is 0 Å². The molecule has 3 nitrogen and oxygen atoms in total. The van der Waals surface area contributed by atoms with Crippen molar-refractivity contribution in [3.8, 4) is 0 Å². The van der Waals surface area contributed by atoms with Gasteiger partial charge in [-0.1, -0.05) is 44.9 Å². The summed E-state index contributed by atoms with van der Waals surface area (Å²) < 4.78 is 0. The van der Waals surface area contributed by atoms with Gasteiger partial charge < -0.3 is 11.1 Å². The average Bonchev–Trinajstić information content (AvgIpc) is 2.50. The summed E-state index contributed by atoms with van der Waals surface area (Å²) in [5, 5.41) is 4.89. The monoisotopic (exact) mass is 283 g/mol. The van der Waals surface area contributed by atoms with Crippen molar-refractivity contribution in [3.05, 3.63) is 30.5 Å². The molecule has 112 valence electrons. The highest BCUT2D eigenvalue weighted by atomic mass is 15.0. The number of nitrogen functional groups attached to an aromatic ring is 1. The van der Waals surface area contributed by atoms with Gasteiger partial charge in [0.2, 0.25) is 0 Å². The number of para-hydroxylation sites is 1. The normalized spacial score (nSPS) is 22.6. The lowest BCUT2D eigenvalue weighted by Gasteiger charge is -2.36. The molecule has 0 amide bonds. The van der Waals surface area contributed by atoms with E-state index < -0.39 is 0 Å². The van der Waals surface area contributed by atoms with E-state index in [1.807, 2.05) is 12.1 Å². The van der Waals surface area contributed by atoms with Crippen LogP contribution in [-0.4, -0.2) is 11.0 Å². The molecule has 1 aliphatic carbocycles. The average molecular weight is 283 g/mol. The first kappa shape index (κ1) is 14.2. The van der Waals surface area contributed by atoms with Crippen molar-refractivity contribution in [2.24, 2.45) is 11.8 Å². The number of fused-ring (bicyclic) bond motifs is 1. The summed E-state index contributed by atoms with van der Waals surface area (Å²) in [6, 6.07) is 8.74. The molecule has 2 unspecified atom stereocenters. The van der Waals surface area contributed by atoms with E-state index in [-0.39, 0.29) is 0 Å². The zero-order valence-electron chi connectivity index (χ0n) is 13.0. The molecule has 0 spiro atoms. The molecule has 1 aromatic carbocycles. The standard InChI is InChI=1S/C18H25N3/c1-12(2)13-7-3-6-10-17(13)21-18-14-8-4-5-9-16(14)20-11-15(18)19/h4-5,8-9,11-13,17H,3,6-7,10,19H2,1-2H3,(H,20,21). The van der Waals surface area contributed by atoms with Crippen LogP contribution in [0.5, 0.6) is 0 Å². The predicted molar refractivity (Wildman–Crippen MR) is 90.4 cm³/mol. The van der Waals surface area contributed by atoms with E-state index in [2.05, 4.69) is 36.3 Å². The van der Waals surface area contributed by atoms with Gasteiger partial charge in [-0.15, -0.1) is 0 Å². The van der Waals surface area contributed by atoms with E-state index in [9.17, 15) is 0 Å². The van der Waals surface area contributed by atoms with Crippen LogP contribution in [0.25, 0.3) is 10.9 Å². The number of aromatic nitrogens is 1. The van der Waals surface area contributed by atoms with Crippen LogP contribution in [0.1, 0.15) is 39.5 Å². The second kappa shape index (κ2) is 5.92. The van der Waals surface area contributed by atoms with Gasteiger partial charge in [-0.3, -0.25) is 4.98 Å². The Balaban J connectivity index is 1.95. The maximum Gasteiger partial charge on any atom is 0.0743 e. The summed E-state index contributed by atoms with van der Waals surface area (Å²) >= 11 is 0. The Bertz CT molecular complexity index is 621. The maximum atomic E-state index is 6.20. The third-order valence-corrected chi connectivity index (χ3v) is 4.81. The summed E-state index contributed by atoms with van der Waals surface area (Å²) in [6.45, 7) is 4.66. The number of nitrogens with zero attached hydrogens (tertiary/aromatic N) is 1. The molecule has 2 atom stereocenters. The zero-order valence-corrected chi connectivity index (χ0v) is 13.0. The van der Waals surface area contributed by atoms with E-state index in [0.717, 1.165) is 28.2 Å². The first-order valence-corrected chi connectivity index (χ1v) is 8.06. The Hall–Kier alpha value is -1.77. The summed E-state index contributed by atoms with van der Waals surface area (Å²) in [5.74, 6) is 1.43. The van der Waals surface area contributed by atoms with E-state index in [1.54, 1.807) is 6.20 Å². The van der Waals surface area contributed by atoms with Crippen molar-refractivity contribution < 1.29 is 0 Å². The van der Waals surface area contributed by atoms with Crippen molar-refractivity contribution in [3.63, 3.8) is 0 Å². The lowest BCUT2D eigenvalue weighted by Crippen LogP contribution is -2.35. The van der Waals surface area contributed by atoms with Crippen LogP contribution in [0.15, 0.2) is 30.5 Å². The molecule has 1 fully saturated rings. The first-order valence-electron chi connectivity index (χ1n) is 8.06. The number of benzene rings is 1. The van der Waals surface area contributed by atoms with Crippen LogP contribution in [0.4, 0.5) is 11.4 Å². The fraction of sp³-hybridized carbons (Fsp3) is 0.500. The minimum absolute atomic E-state index is 0.520. The molecule has 3 heteroatoms. The summed E-state index contributed by atoms with van der Waals surface area (Å²) in [7, 11) is 0. The molecular formula is C18H25N3. The topological polar surface area (TPSA) is 50.9 Å². The highest BCUT2D eigenvalue weighted by molar-refractivity contribution is 5.96. The second-order valence-corrected chi connectivity index (χ2v) is 6.55. The lowest BCUT2D eigenvalue weighted by atomic mass is 9.77. The molecule has 2 aromatic rings. The highest BCUT2D eigenvalue weighted by Crippen LogP contribution is 2.35. The number of rotatable bonds is 3. The van der Waals surface area contributed by atoms with Crippen LogP contribution >= 0.6 is 0 Å². The predicted octanol–water partition coefficient (Wildman–Crippen LogP) is 4.44. The number of anilines is 2. The Morgan fingerprint density at radius 1 is 1.19 bits per heavy atom. The lowest BCUT2D eigenvalue weighted by molar-refractivity contribution is 0.254. The number of pyridine rings is 1. The molecule has 0 aliphatic heterocycles. The van der Waals surface area contributed by atoms with E-state index in [1.165, 1.54) is 25.7 Å². The van der Waals surface area contributed by atoms with Gasteiger partial charge in [0.1, 0.15) is 0 Å². The summed E-state index contributed by atoms with van der Waals surface area (Å²) in [6.07, 6.45) is 6.99. The quantitative estimate of drug-likeness (QED) is 0.875. The van der Waals surface area contributed by atoms with Crippen molar-refractivity contribution in [1.29, 1.82) is 0 Å². The first-order chi connectivity index (χ1) is 10.2. The third kappa shape index (κ3) is 2.82. The van der Waals surface area contributed by atoms with Crippen molar-refractivity contribution in [2.45, 2.75) is 45.6 Å². The second-order valence-electron chi connectivity index (χ2n) is 6.55. The van der Waals surface area contributed by atoms with E-state index in [4.69, 9.17) is 5.73 Å². The van der Waals surface area contributed by atoms with E-state index >= 15 is 0 Å². The fourth-order valence-electron chi connectivity index (χ4n) is 3.64. The molecule has 0 radical (unpaired) electrons. The molecule has 3 rings (SSSR count). The Morgan fingerprint density at radius 2 is 1.95 bits per heavy atom. The van der Waals surface area contributed by atoms with Crippen LogP contribution in [0, 0.1) is 11.8 Å². The maximum absolute atomic E-state index is 6.20. The zero-order chi connectivity index (χ0) is 14.8. The molecule has 3 N–H and O–H groups in total. The molecular weight excluding hydrogens is 258 g/mol. The number of hydrogen-bond acceptors (Lipinski definition) is 3. The van der Waals surface area contributed by atoms with Crippen molar-refractivity contribution in [2.75, 3.05) is 11.1 Å². The SMILES string of the molecule is CC(C)C1CCCCC1Nc1c(N)cnc2ccccc12. The van der Waals surface area contributed by atoms with Crippen LogP contribution in [0.3, 0.4) is 0 Å². The van der Waals surface area contributed by atoms with Gasteiger partial charge in [-0.25, -0.2) is 0 Å². The molecule has 1 aliphatic rings. The van der Waals surface area contributed by atoms with Crippen LogP contribution in [-0.2, 0) is 0 Å². The Kier molecular flexibility index (Phi) is 4.00. The van der Waals surface area contributed by atoms with Crippen molar-refractivity contribution in [1.82, 2.24) is 4.98 Å². The minimum Gasteiger partial charge on any atom is -0.396 e. The summed E-state index contributed by atoms with van der Waals surface area (Å²) in [4.78, 5) is 4.42. The van der Waals surface area contributed by atoms with Gasteiger partial charge in [-0.05, 0) is 30.7 Å². The Morgan fingerprint density at radius 3 is 2.76 bits per heavy atom. The van der Waals surface area contributed by atoms with Crippen LogP contribution < -0.4 is 11.1 Å². The smallest absolute Gasteiger partial charge is 0.0743 e. The molecule has 1 aromatic heterocycles. The largest absolute Gasteiger partial charge is 0.396 e. The van der Waals surface area contributed by atoms with Crippen molar-refractivity contribution >= 4 is 22.3 Å². The minimum atomic E-state index is 0.520. The molecule has 0 bridgehead atoms. The highest BCUT2D eigenvalue weighted by Gasteiger charge is 2.28. The molecule has 0 saturated heterocycles.